The molecule has 4 rings (SSSR count). The van der Waals surface area contributed by atoms with Crippen molar-refractivity contribution in [2.75, 3.05) is 0 Å². The van der Waals surface area contributed by atoms with E-state index in [1.807, 2.05) is 36.4 Å². The Morgan fingerprint density at radius 2 is 1.76 bits per heavy atom. The minimum absolute atomic E-state index is 0.0915. The lowest BCUT2D eigenvalue weighted by Crippen LogP contribution is -2.18. The van der Waals surface area contributed by atoms with Crippen molar-refractivity contribution in [3.05, 3.63) is 96.2 Å². The Morgan fingerprint density at radius 1 is 0.966 bits per heavy atom. The lowest BCUT2D eigenvalue weighted by molar-refractivity contribution is 0.0953. The number of rotatable bonds is 5. The molecule has 3 aromatic carbocycles. The number of aromatic hydroxyl groups is 1. The van der Waals surface area contributed by atoms with Crippen LogP contribution in [0.25, 0.3) is 10.9 Å². The summed E-state index contributed by atoms with van der Waals surface area (Å²) in [5.74, 6) is 0.771. The number of carbonyl (C=O) groups excluding carboxylic acids is 1. The first-order valence-electron chi connectivity index (χ1n) is 8.94. The van der Waals surface area contributed by atoms with Gasteiger partial charge in [0.2, 0.25) is 0 Å². The van der Waals surface area contributed by atoms with Crippen molar-refractivity contribution in [3.8, 4) is 17.2 Å². The summed E-state index contributed by atoms with van der Waals surface area (Å²) in [7, 11) is 0. The first kappa shape index (κ1) is 18.2. The van der Waals surface area contributed by atoms with E-state index in [9.17, 15) is 9.90 Å². The highest BCUT2D eigenvalue weighted by atomic mass is 16.5. The lowest BCUT2D eigenvalue weighted by atomic mass is 10.1. The van der Waals surface area contributed by atoms with Gasteiger partial charge in [0.05, 0.1) is 11.8 Å². The number of nitrogens with one attached hydrogen (secondary N) is 1. The van der Waals surface area contributed by atoms with Crippen molar-refractivity contribution < 1.29 is 14.6 Å². The number of phenolic OH excluding ortho intramolecular Hbond substituents is 1. The van der Waals surface area contributed by atoms with E-state index < -0.39 is 5.91 Å². The number of fused-ring (bicyclic) bond motifs is 1. The van der Waals surface area contributed by atoms with Crippen molar-refractivity contribution in [1.82, 2.24) is 10.4 Å². The highest BCUT2D eigenvalue weighted by Crippen LogP contribution is 2.26. The van der Waals surface area contributed by atoms with Crippen LogP contribution in [0, 0.1) is 0 Å². The molecule has 0 saturated carbocycles. The number of carbonyl (C=O) groups is 1. The van der Waals surface area contributed by atoms with Crippen LogP contribution in [0.5, 0.6) is 17.2 Å². The fourth-order valence-electron chi connectivity index (χ4n) is 2.87. The summed E-state index contributed by atoms with van der Waals surface area (Å²) in [4.78, 5) is 16.8. The number of pyridine rings is 1. The Hall–Kier alpha value is -4.19. The largest absolute Gasteiger partial charge is 0.506 e. The first-order valence-corrected chi connectivity index (χ1v) is 8.94. The van der Waals surface area contributed by atoms with Gasteiger partial charge in [-0.2, -0.15) is 5.10 Å². The standard InChI is InChI=1S/C23H17N3O3/c27-20-13-12-16(18-10-6-14-24-22(18)20)15-25-26-23(28)19-9-4-5-11-21(19)29-17-7-2-1-3-8-17/h1-15,27H,(H,26,28). The summed E-state index contributed by atoms with van der Waals surface area (Å²) in [5, 5.41) is 14.7. The van der Waals surface area contributed by atoms with Gasteiger partial charge in [-0.15, -0.1) is 0 Å². The number of hydrogen-bond acceptors (Lipinski definition) is 5. The van der Waals surface area contributed by atoms with Gasteiger partial charge in [-0.25, -0.2) is 5.43 Å². The highest BCUT2D eigenvalue weighted by Gasteiger charge is 2.12. The van der Waals surface area contributed by atoms with Crippen LogP contribution in [0.4, 0.5) is 0 Å². The van der Waals surface area contributed by atoms with Gasteiger partial charge in [0, 0.05) is 17.1 Å². The lowest BCUT2D eigenvalue weighted by Gasteiger charge is -2.10. The molecule has 29 heavy (non-hydrogen) atoms. The zero-order valence-corrected chi connectivity index (χ0v) is 15.3. The molecule has 142 valence electrons. The molecule has 0 fully saturated rings. The smallest absolute Gasteiger partial charge is 0.275 e. The third-order valence-electron chi connectivity index (χ3n) is 4.25. The average Bonchev–Trinajstić information content (AvgIpc) is 2.76. The van der Waals surface area contributed by atoms with Crippen molar-refractivity contribution in [2.24, 2.45) is 5.10 Å². The van der Waals surface area contributed by atoms with E-state index in [-0.39, 0.29) is 5.75 Å². The zero-order valence-electron chi connectivity index (χ0n) is 15.3. The molecular weight excluding hydrogens is 366 g/mol. The second-order valence-electron chi connectivity index (χ2n) is 6.18. The number of phenols is 1. The van der Waals surface area contributed by atoms with Gasteiger partial charge >= 0.3 is 0 Å². The molecule has 0 spiro atoms. The molecule has 0 aliphatic heterocycles. The average molecular weight is 383 g/mol. The minimum Gasteiger partial charge on any atom is -0.506 e. The SMILES string of the molecule is O=C(NN=Cc1ccc(O)c2ncccc12)c1ccccc1Oc1ccccc1. The Labute approximate surface area is 167 Å². The Balaban J connectivity index is 1.53. The molecule has 0 bridgehead atoms. The predicted molar refractivity (Wildman–Crippen MR) is 111 cm³/mol. The maximum Gasteiger partial charge on any atom is 0.275 e. The van der Waals surface area contributed by atoms with Crippen molar-refractivity contribution in [1.29, 1.82) is 0 Å². The second-order valence-corrected chi connectivity index (χ2v) is 6.18. The van der Waals surface area contributed by atoms with Crippen LogP contribution in [0.2, 0.25) is 0 Å². The Bertz CT molecular complexity index is 1190. The van der Waals surface area contributed by atoms with E-state index in [1.54, 1.807) is 48.7 Å². The zero-order chi connectivity index (χ0) is 20.1. The van der Waals surface area contributed by atoms with Crippen LogP contribution in [0.15, 0.2) is 90.2 Å². The van der Waals surface area contributed by atoms with E-state index in [4.69, 9.17) is 4.74 Å². The molecule has 2 N–H and O–H groups in total. The van der Waals surface area contributed by atoms with Crippen LogP contribution in [-0.2, 0) is 0 Å². The van der Waals surface area contributed by atoms with E-state index >= 15 is 0 Å². The van der Waals surface area contributed by atoms with Gasteiger partial charge in [0.25, 0.3) is 5.91 Å². The molecule has 0 atom stereocenters. The number of nitrogens with zero attached hydrogens (tertiary/aromatic N) is 2. The normalized spacial score (nSPS) is 10.9. The molecular formula is C23H17N3O3. The summed E-state index contributed by atoms with van der Waals surface area (Å²) in [6.45, 7) is 0. The fraction of sp³-hybridized carbons (Fsp3) is 0. The molecule has 0 unspecified atom stereocenters. The number of amides is 1. The number of ether oxygens (including phenoxy) is 1. The molecule has 4 aromatic rings. The third kappa shape index (κ3) is 4.06. The molecule has 6 heteroatoms. The molecule has 1 aromatic heterocycles. The summed E-state index contributed by atoms with van der Waals surface area (Å²) in [6.07, 6.45) is 3.12. The molecule has 0 aliphatic carbocycles. The minimum atomic E-state index is -0.394. The van der Waals surface area contributed by atoms with Gasteiger partial charge in [-0.05, 0) is 42.5 Å². The van der Waals surface area contributed by atoms with Crippen LogP contribution < -0.4 is 10.2 Å². The quantitative estimate of drug-likeness (QED) is 0.393. The van der Waals surface area contributed by atoms with Crippen molar-refractivity contribution in [2.45, 2.75) is 0 Å². The monoisotopic (exact) mass is 383 g/mol. The predicted octanol–water partition coefficient (Wildman–Crippen LogP) is 4.50. The van der Waals surface area contributed by atoms with Gasteiger partial charge < -0.3 is 9.84 Å². The molecule has 0 saturated heterocycles. The van der Waals surface area contributed by atoms with E-state index in [0.29, 0.717) is 22.6 Å². The van der Waals surface area contributed by atoms with Gasteiger partial charge in [0.1, 0.15) is 22.8 Å². The number of hydrogen-bond donors (Lipinski definition) is 2. The Morgan fingerprint density at radius 3 is 2.62 bits per heavy atom. The molecule has 0 aliphatic rings. The van der Waals surface area contributed by atoms with Crippen molar-refractivity contribution >= 4 is 23.0 Å². The Kier molecular flexibility index (Phi) is 5.16. The molecule has 0 radical (unpaired) electrons. The number of aromatic nitrogens is 1. The van der Waals surface area contributed by atoms with E-state index in [2.05, 4.69) is 15.5 Å². The van der Waals surface area contributed by atoms with Gasteiger partial charge in [0.15, 0.2) is 0 Å². The van der Waals surface area contributed by atoms with E-state index in [0.717, 1.165) is 10.9 Å². The summed E-state index contributed by atoms with van der Waals surface area (Å²) < 4.78 is 5.82. The number of para-hydroxylation sites is 2. The highest BCUT2D eigenvalue weighted by molar-refractivity contribution is 6.01. The van der Waals surface area contributed by atoms with Crippen LogP contribution >= 0.6 is 0 Å². The number of benzene rings is 3. The third-order valence-corrected chi connectivity index (χ3v) is 4.25. The van der Waals surface area contributed by atoms with Crippen LogP contribution in [0.1, 0.15) is 15.9 Å². The van der Waals surface area contributed by atoms with Gasteiger partial charge in [-0.1, -0.05) is 36.4 Å². The maximum absolute atomic E-state index is 12.6. The van der Waals surface area contributed by atoms with Crippen LogP contribution in [-0.4, -0.2) is 22.2 Å². The van der Waals surface area contributed by atoms with E-state index in [1.165, 1.54) is 6.21 Å². The fourth-order valence-corrected chi connectivity index (χ4v) is 2.87. The topological polar surface area (TPSA) is 83.8 Å². The molecule has 1 amide bonds. The van der Waals surface area contributed by atoms with Gasteiger partial charge in [-0.3, -0.25) is 9.78 Å². The maximum atomic E-state index is 12.6. The summed E-state index contributed by atoms with van der Waals surface area (Å²) in [5.41, 5.74) is 4.09. The summed E-state index contributed by atoms with van der Waals surface area (Å²) >= 11 is 0. The molecule has 1 heterocycles. The molecule has 6 nitrogen and oxygen atoms in total. The first-order chi connectivity index (χ1) is 14.2. The summed E-state index contributed by atoms with van der Waals surface area (Å²) in [6, 6.07) is 23.1. The number of hydrazone groups is 1. The van der Waals surface area contributed by atoms with Crippen LogP contribution in [0.3, 0.4) is 0 Å². The second kappa shape index (κ2) is 8.22. The van der Waals surface area contributed by atoms with Crippen molar-refractivity contribution in [3.63, 3.8) is 0 Å².